The third-order valence-electron chi connectivity index (χ3n) is 4.75. The van der Waals surface area contributed by atoms with E-state index in [2.05, 4.69) is 10.3 Å². The number of hydrogen-bond acceptors (Lipinski definition) is 4. The summed E-state index contributed by atoms with van der Waals surface area (Å²) in [4.78, 5) is 27.4. The summed E-state index contributed by atoms with van der Waals surface area (Å²) < 4.78 is 19.7. The Labute approximate surface area is 156 Å². The standard InChI is InChI=1S/C20H21FN2O4/c21-17-11-15(8-9-18(17)27-12-16-3-1-2-10-22-16)23-19(24)13-4-6-14(7-5-13)20(25)26/h1-3,8-11,13-14H,4-7,12H2,(H,23,24)(H,25,26). The van der Waals surface area contributed by atoms with Crippen LogP contribution in [0.25, 0.3) is 0 Å². The number of aliphatic carboxylic acids is 1. The summed E-state index contributed by atoms with van der Waals surface area (Å²) in [6.07, 6.45) is 3.66. The van der Waals surface area contributed by atoms with Crippen LogP contribution in [0.2, 0.25) is 0 Å². The van der Waals surface area contributed by atoms with Crippen LogP contribution in [0, 0.1) is 17.7 Å². The molecule has 1 aliphatic rings. The Morgan fingerprint density at radius 1 is 1.15 bits per heavy atom. The minimum Gasteiger partial charge on any atom is -0.484 e. The van der Waals surface area contributed by atoms with E-state index < -0.39 is 11.8 Å². The predicted octanol–water partition coefficient (Wildman–Crippen LogP) is 3.63. The summed E-state index contributed by atoms with van der Waals surface area (Å²) >= 11 is 0. The third kappa shape index (κ3) is 5.03. The Hall–Kier alpha value is -2.96. The zero-order chi connectivity index (χ0) is 19.2. The van der Waals surface area contributed by atoms with Crippen molar-refractivity contribution in [1.82, 2.24) is 4.98 Å². The third-order valence-corrected chi connectivity index (χ3v) is 4.75. The molecule has 7 heteroatoms. The van der Waals surface area contributed by atoms with Gasteiger partial charge in [0.1, 0.15) is 6.61 Å². The van der Waals surface area contributed by atoms with Gasteiger partial charge < -0.3 is 15.2 Å². The molecule has 1 saturated carbocycles. The van der Waals surface area contributed by atoms with Gasteiger partial charge >= 0.3 is 5.97 Å². The Balaban J connectivity index is 1.54. The smallest absolute Gasteiger partial charge is 0.306 e. The van der Waals surface area contributed by atoms with Gasteiger partial charge in [-0.25, -0.2) is 4.39 Å². The highest BCUT2D eigenvalue weighted by molar-refractivity contribution is 5.92. The number of rotatable bonds is 6. The van der Waals surface area contributed by atoms with E-state index in [1.807, 2.05) is 6.07 Å². The number of carbonyl (C=O) groups excluding carboxylic acids is 1. The number of pyridine rings is 1. The maximum Gasteiger partial charge on any atom is 0.306 e. The van der Waals surface area contributed by atoms with Gasteiger partial charge in [-0.05, 0) is 49.9 Å². The molecule has 0 saturated heterocycles. The molecule has 1 fully saturated rings. The number of carboxylic acids is 1. The predicted molar refractivity (Wildman–Crippen MR) is 96.7 cm³/mol. The zero-order valence-corrected chi connectivity index (χ0v) is 14.7. The molecule has 1 amide bonds. The molecule has 0 spiro atoms. The number of nitrogens with one attached hydrogen (secondary N) is 1. The van der Waals surface area contributed by atoms with Crippen LogP contribution < -0.4 is 10.1 Å². The van der Waals surface area contributed by atoms with Crippen LogP contribution >= 0.6 is 0 Å². The molecule has 27 heavy (non-hydrogen) atoms. The van der Waals surface area contributed by atoms with Crippen molar-refractivity contribution in [3.05, 3.63) is 54.1 Å². The summed E-state index contributed by atoms with van der Waals surface area (Å²) in [5.41, 5.74) is 1.04. The molecule has 0 atom stereocenters. The van der Waals surface area contributed by atoms with E-state index in [9.17, 15) is 14.0 Å². The zero-order valence-electron chi connectivity index (χ0n) is 14.7. The Kier molecular flexibility index (Phi) is 6.01. The summed E-state index contributed by atoms with van der Waals surface area (Å²) in [6.45, 7) is 0.149. The maximum atomic E-state index is 14.2. The van der Waals surface area contributed by atoms with Gasteiger partial charge in [0.15, 0.2) is 11.6 Å². The molecular formula is C20H21FN2O4. The highest BCUT2D eigenvalue weighted by Crippen LogP contribution is 2.30. The lowest BCUT2D eigenvalue weighted by molar-refractivity contribution is -0.143. The van der Waals surface area contributed by atoms with Gasteiger partial charge in [0.05, 0.1) is 11.6 Å². The first kappa shape index (κ1) is 18.8. The lowest BCUT2D eigenvalue weighted by atomic mass is 9.81. The van der Waals surface area contributed by atoms with E-state index in [0.717, 1.165) is 0 Å². The number of aromatic nitrogens is 1. The van der Waals surface area contributed by atoms with Crippen molar-refractivity contribution in [3.8, 4) is 5.75 Å². The lowest BCUT2D eigenvalue weighted by Crippen LogP contribution is -2.29. The molecule has 2 aromatic rings. The van der Waals surface area contributed by atoms with Gasteiger partial charge in [0.25, 0.3) is 0 Å². The monoisotopic (exact) mass is 372 g/mol. The van der Waals surface area contributed by atoms with Crippen molar-refractivity contribution in [2.45, 2.75) is 32.3 Å². The second-order valence-electron chi connectivity index (χ2n) is 6.63. The first-order chi connectivity index (χ1) is 13.0. The average Bonchev–Trinajstić information content (AvgIpc) is 2.68. The number of ether oxygens (including phenoxy) is 1. The molecule has 2 N–H and O–H groups in total. The number of amides is 1. The van der Waals surface area contributed by atoms with E-state index >= 15 is 0 Å². The molecule has 0 aliphatic heterocycles. The molecule has 1 aromatic carbocycles. The summed E-state index contributed by atoms with van der Waals surface area (Å²) in [7, 11) is 0. The van der Waals surface area contributed by atoms with Crippen molar-refractivity contribution < 1.29 is 23.8 Å². The fourth-order valence-corrected chi connectivity index (χ4v) is 3.18. The normalized spacial score (nSPS) is 19.3. The number of anilines is 1. The first-order valence-electron chi connectivity index (χ1n) is 8.89. The molecule has 0 radical (unpaired) electrons. The van der Waals surface area contributed by atoms with E-state index in [1.54, 1.807) is 24.4 Å². The van der Waals surface area contributed by atoms with Crippen LogP contribution in [0.5, 0.6) is 5.75 Å². The Bertz CT molecular complexity index is 805. The van der Waals surface area contributed by atoms with Crippen molar-refractivity contribution in [1.29, 1.82) is 0 Å². The second kappa shape index (κ2) is 8.62. The van der Waals surface area contributed by atoms with Gasteiger partial charge in [0.2, 0.25) is 5.91 Å². The van der Waals surface area contributed by atoms with E-state index in [-0.39, 0.29) is 30.1 Å². The summed E-state index contributed by atoms with van der Waals surface area (Å²) in [5.74, 6) is -2.12. The number of halogens is 1. The SMILES string of the molecule is O=C(O)C1CCC(C(=O)Nc2ccc(OCc3ccccn3)c(F)c2)CC1. The number of nitrogens with zero attached hydrogens (tertiary/aromatic N) is 1. The van der Waals surface area contributed by atoms with E-state index in [0.29, 0.717) is 37.1 Å². The molecule has 1 aromatic heterocycles. The van der Waals surface area contributed by atoms with E-state index in [1.165, 1.54) is 12.1 Å². The lowest BCUT2D eigenvalue weighted by Gasteiger charge is -2.25. The van der Waals surface area contributed by atoms with Gasteiger partial charge in [-0.15, -0.1) is 0 Å². The van der Waals surface area contributed by atoms with Gasteiger partial charge in [-0.1, -0.05) is 6.07 Å². The van der Waals surface area contributed by atoms with Crippen LogP contribution in [0.1, 0.15) is 31.4 Å². The molecule has 1 heterocycles. The molecule has 142 valence electrons. The highest BCUT2D eigenvalue weighted by Gasteiger charge is 2.29. The Morgan fingerprint density at radius 3 is 2.52 bits per heavy atom. The maximum absolute atomic E-state index is 14.2. The number of hydrogen-bond donors (Lipinski definition) is 2. The van der Waals surface area contributed by atoms with Crippen LogP contribution in [0.4, 0.5) is 10.1 Å². The molecular weight excluding hydrogens is 351 g/mol. The quantitative estimate of drug-likeness (QED) is 0.808. The van der Waals surface area contributed by atoms with Crippen molar-refractivity contribution in [3.63, 3.8) is 0 Å². The summed E-state index contributed by atoms with van der Waals surface area (Å²) in [5, 5.41) is 11.7. The first-order valence-corrected chi connectivity index (χ1v) is 8.89. The van der Waals surface area contributed by atoms with Crippen molar-refractivity contribution >= 4 is 17.6 Å². The molecule has 1 aliphatic carbocycles. The van der Waals surface area contributed by atoms with Crippen LogP contribution in [0.3, 0.4) is 0 Å². The van der Waals surface area contributed by atoms with Gasteiger partial charge in [-0.2, -0.15) is 0 Å². The van der Waals surface area contributed by atoms with Crippen LogP contribution in [-0.2, 0) is 16.2 Å². The number of carbonyl (C=O) groups is 2. The average molecular weight is 372 g/mol. The molecule has 0 bridgehead atoms. The fourth-order valence-electron chi connectivity index (χ4n) is 3.18. The fraction of sp³-hybridized carbons (Fsp3) is 0.350. The van der Waals surface area contributed by atoms with Crippen LogP contribution in [-0.4, -0.2) is 22.0 Å². The van der Waals surface area contributed by atoms with Gasteiger partial charge in [0, 0.05) is 23.9 Å². The number of benzene rings is 1. The summed E-state index contributed by atoms with van der Waals surface area (Å²) in [6, 6.07) is 9.66. The number of carboxylic acid groups (broad SMARTS) is 1. The second-order valence-corrected chi connectivity index (χ2v) is 6.63. The topological polar surface area (TPSA) is 88.5 Å². The largest absolute Gasteiger partial charge is 0.484 e. The minimum atomic E-state index is -0.808. The minimum absolute atomic E-state index is 0.0839. The van der Waals surface area contributed by atoms with Crippen molar-refractivity contribution in [2.24, 2.45) is 11.8 Å². The van der Waals surface area contributed by atoms with E-state index in [4.69, 9.17) is 9.84 Å². The molecule has 6 nitrogen and oxygen atoms in total. The molecule has 0 unspecified atom stereocenters. The Morgan fingerprint density at radius 2 is 1.89 bits per heavy atom. The van der Waals surface area contributed by atoms with Crippen LogP contribution in [0.15, 0.2) is 42.6 Å². The van der Waals surface area contributed by atoms with Crippen molar-refractivity contribution in [2.75, 3.05) is 5.32 Å². The molecule has 3 rings (SSSR count). The van der Waals surface area contributed by atoms with Gasteiger partial charge in [-0.3, -0.25) is 14.6 Å². The highest BCUT2D eigenvalue weighted by atomic mass is 19.1.